The van der Waals surface area contributed by atoms with Crippen LogP contribution in [0, 0.1) is 0 Å². The van der Waals surface area contributed by atoms with Crippen molar-refractivity contribution in [3.8, 4) is 11.5 Å². The van der Waals surface area contributed by atoms with Crippen molar-refractivity contribution in [3.05, 3.63) is 48.2 Å². The van der Waals surface area contributed by atoms with Gasteiger partial charge in [0, 0.05) is 50.0 Å². The van der Waals surface area contributed by atoms with E-state index in [-0.39, 0.29) is 11.9 Å². The van der Waals surface area contributed by atoms with E-state index in [0.29, 0.717) is 6.54 Å². The number of hydrogen-bond acceptors (Lipinski definition) is 6. The third-order valence-electron chi connectivity index (χ3n) is 6.11. The zero-order valence-corrected chi connectivity index (χ0v) is 17.8. The van der Waals surface area contributed by atoms with E-state index in [4.69, 9.17) is 9.47 Å². The molecule has 160 valence electrons. The summed E-state index contributed by atoms with van der Waals surface area (Å²) in [6, 6.07) is 12.1. The van der Waals surface area contributed by atoms with Crippen LogP contribution in [-0.2, 0) is 4.79 Å². The van der Waals surface area contributed by atoms with E-state index in [1.807, 2.05) is 41.4 Å². The summed E-state index contributed by atoms with van der Waals surface area (Å²) in [5, 5.41) is 0. The summed E-state index contributed by atoms with van der Waals surface area (Å²) < 4.78 is 10.9. The highest BCUT2D eigenvalue weighted by molar-refractivity contribution is 5.78. The first-order valence-electron chi connectivity index (χ1n) is 10.6. The van der Waals surface area contributed by atoms with E-state index in [0.717, 1.165) is 68.4 Å². The van der Waals surface area contributed by atoms with E-state index in [9.17, 15) is 4.79 Å². The highest BCUT2D eigenvalue weighted by Gasteiger charge is 2.32. The standard InChI is InChI=1S/C23H30N4O3/c1-29-18-8-9-19(21(16-18)30-2)20-6-5-11-27(20)17-23(28)26-14-12-25(13-15-26)22-7-3-4-10-24-22/h3-4,7-10,16,20H,5-6,11-15,17H2,1-2H3/t20-/m0/s1. The number of rotatable bonds is 6. The van der Waals surface area contributed by atoms with Gasteiger partial charge in [0.15, 0.2) is 0 Å². The van der Waals surface area contributed by atoms with Crippen molar-refractivity contribution in [2.45, 2.75) is 18.9 Å². The highest BCUT2D eigenvalue weighted by Crippen LogP contribution is 2.38. The second-order valence-corrected chi connectivity index (χ2v) is 7.79. The predicted molar refractivity (Wildman–Crippen MR) is 116 cm³/mol. The average molecular weight is 411 g/mol. The van der Waals surface area contributed by atoms with Gasteiger partial charge in [0.2, 0.25) is 5.91 Å². The number of methoxy groups -OCH3 is 2. The Morgan fingerprint density at radius 3 is 2.60 bits per heavy atom. The fourth-order valence-electron chi connectivity index (χ4n) is 4.46. The zero-order valence-electron chi connectivity index (χ0n) is 17.8. The molecule has 0 saturated carbocycles. The van der Waals surface area contributed by atoms with Crippen molar-refractivity contribution in [2.75, 3.05) is 58.4 Å². The maximum absolute atomic E-state index is 13.0. The van der Waals surface area contributed by atoms with Crippen LogP contribution in [0.1, 0.15) is 24.4 Å². The van der Waals surface area contributed by atoms with Crippen LogP contribution < -0.4 is 14.4 Å². The molecule has 0 N–H and O–H groups in total. The first-order chi connectivity index (χ1) is 14.7. The Morgan fingerprint density at radius 1 is 1.07 bits per heavy atom. The van der Waals surface area contributed by atoms with Gasteiger partial charge in [-0.05, 0) is 37.6 Å². The summed E-state index contributed by atoms with van der Waals surface area (Å²) in [5.41, 5.74) is 1.13. The lowest BCUT2D eigenvalue weighted by Crippen LogP contribution is -2.51. The maximum atomic E-state index is 13.0. The van der Waals surface area contributed by atoms with Crippen molar-refractivity contribution in [3.63, 3.8) is 0 Å². The number of likely N-dealkylation sites (tertiary alicyclic amines) is 1. The molecule has 0 spiro atoms. The second kappa shape index (κ2) is 9.34. The third kappa shape index (κ3) is 4.36. The molecular weight excluding hydrogens is 380 g/mol. The number of piperazine rings is 1. The fraction of sp³-hybridized carbons (Fsp3) is 0.478. The summed E-state index contributed by atoms with van der Waals surface area (Å²) in [6.45, 7) is 4.49. The first kappa shape index (κ1) is 20.5. The minimum Gasteiger partial charge on any atom is -0.497 e. The Bertz CT molecular complexity index is 853. The van der Waals surface area contributed by atoms with Gasteiger partial charge in [-0.25, -0.2) is 4.98 Å². The fourth-order valence-corrected chi connectivity index (χ4v) is 4.46. The largest absolute Gasteiger partial charge is 0.497 e. The quantitative estimate of drug-likeness (QED) is 0.730. The van der Waals surface area contributed by atoms with Crippen molar-refractivity contribution in [1.82, 2.24) is 14.8 Å². The van der Waals surface area contributed by atoms with Gasteiger partial charge in [-0.1, -0.05) is 12.1 Å². The van der Waals surface area contributed by atoms with Crippen LogP contribution in [-0.4, -0.2) is 74.2 Å². The molecule has 2 aliphatic rings. The molecule has 7 nitrogen and oxygen atoms in total. The molecule has 2 aromatic rings. The van der Waals surface area contributed by atoms with Crippen LogP contribution >= 0.6 is 0 Å². The van der Waals surface area contributed by atoms with Crippen LogP contribution in [0.3, 0.4) is 0 Å². The summed E-state index contributed by atoms with van der Waals surface area (Å²) in [5.74, 6) is 2.79. The summed E-state index contributed by atoms with van der Waals surface area (Å²) in [4.78, 5) is 24.0. The lowest BCUT2D eigenvalue weighted by molar-refractivity contribution is -0.133. The van der Waals surface area contributed by atoms with Crippen LogP contribution in [0.15, 0.2) is 42.6 Å². The van der Waals surface area contributed by atoms with E-state index in [1.165, 1.54) is 0 Å². The minimum atomic E-state index is 0.199. The molecule has 1 atom stereocenters. The Kier molecular flexibility index (Phi) is 6.38. The normalized spacial score (nSPS) is 19.7. The monoisotopic (exact) mass is 410 g/mol. The molecule has 1 aromatic heterocycles. The number of amides is 1. The van der Waals surface area contributed by atoms with E-state index < -0.39 is 0 Å². The third-order valence-corrected chi connectivity index (χ3v) is 6.11. The molecule has 1 aromatic carbocycles. The molecule has 3 heterocycles. The van der Waals surface area contributed by atoms with Gasteiger partial charge in [0.05, 0.1) is 20.8 Å². The molecule has 0 unspecified atom stereocenters. The SMILES string of the molecule is COc1ccc([C@@H]2CCCN2CC(=O)N2CCN(c3ccccn3)CC2)c(OC)c1. The molecule has 0 bridgehead atoms. The summed E-state index contributed by atoms with van der Waals surface area (Å²) in [7, 11) is 3.34. The van der Waals surface area contributed by atoms with Crippen molar-refractivity contribution < 1.29 is 14.3 Å². The molecule has 1 amide bonds. The van der Waals surface area contributed by atoms with Crippen LogP contribution in [0.4, 0.5) is 5.82 Å². The smallest absolute Gasteiger partial charge is 0.236 e. The Hall–Kier alpha value is -2.80. The van der Waals surface area contributed by atoms with Crippen molar-refractivity contribution in [1.29, 1.82) is 0 Å². The van der Waals surface area contributed by atoms with Gasteiger partial charge < -0.3 is 19.3 Å². The zero-order chi connectivity index (χ0) is 20.9. The molecule has 0 aliphatic carbocycles. The van der Waals surface area contributed by atoms with E-state index >= 15 is 0 Å². The van der Waals surface area contributed by atoms with Gasteiger partial charge in [-0.3, -0.25) is 9.69 Å². The van der Waals surface area contributed by atoms with Gasteiger partial charge in [0.25, 0.3) is 0 Å². The van der Waals surface area contributed by atoms with Crippen LogP contribution in [0.5, 0.6) is 11.5 Å². The number of hydrogen-bond donors (Lipinski definition) is 0. The van der Waals surface area contributed by atoms with E-state index in [2.05, 4.69) is 20.9 Å². The number of pyridine rings is 1. The number of ether oxygens (including phenoxy) is 2. The maximum Gasteiger partial charge on any atom is 0.236 e. The molecule has 0 radical (unpaired) electrons. The lowest BCUT2D eigenvalue weighted by atomic mass is 10.0. The second-order valence-electron chi connectivity index (χ2n) is 7.79. The average Bonchev–Trinajstić information content (AvgIpc) is 3.27. The number of nitrogens with zero attached hydrogens (tertiary/aromatic N) is 4. The Balaban J connectivity index is 1.37. The topological polar surface area (TPSA) is 58.1 Å². The Morgan fingerprint density at radius 2 is 1.90 bits per heavy atom. The van der Waals surface area contributed by atoms with Gasteiger partial charge in [-0.2, -0.15) is 0 Å². The molecule has 2 saturated heterocycles. The minimum absolute atomic E-state index is 0.199. The Labute approximate surface area is 178 Å². The number of aromatic nitrogens is 1. The summed E-state index contributed by atoms with van der Waals surface area (Å²) in [6.07, 6.45) is 3.93. The molecule has 7 heteroatoms. The molecule has 30 heavy (non-hydrogen) atoms. The van der Waals surface area contributed by atoms with Crippen LogP contribution in [0.2, 0.25) is 0 Å². The lowest BCUT2D eigenvalue weighted by Gasteiger charge is -2.36. The van der Waals surface area contributed by atoms with Crippen molar-refractivity contribution >= 4 is 11.7 Å². The summed E-state index contributed by atoms with van der Waals surface area (Å²) >= 11 is 0. The molecule has 2 fully saturated rings. The number of anilines is 1. The molecule has 4 rings (SSSR count). The van der Waals surface area contributed by atoms with Crippen molar-refractivity contribution in [2.24, 2.45) is 0 Å². The highest BCUT2D eigenvalue weighted by atomic mass is 16.5. The van der Waals surface area contributed by atoms with Gasteiger partial charge >= 0.3 is 0 Å². The van der Waals surface area contributed by atoms with Gasteiger partial charge in [0.1, 0.15) is 17.3 Å². The molecule has 2 aliphatic heterocycles. The number of carbonyl (C=O) groups is 1. The number of carbonyl (C=O) groups excluding carboxylic acids is 1. The van der Waals surface area contributed by atoms with E-state index in [1.54, 1.807) is 14.2 Å². The van der Waals surface area contributed by atoms with Crippen LogP contribution in [0.25, 0.3) is 0 Å². The van der Waals surface area contributed by atoms with Gasteiger partial charge in [-0.15, -0.1) is 0 Å². The predicted octanol–water partition coefficient (Wildman–Crippen LogP) is 2.58. The number of benzene rings is 1. The molecular formula is C23H30N4O3. The first-order valence-corrected chi connectivity index (χ1v) is 10.6.